The van der Waals surface area contributed by atoms with E-state index in [0.717, 1.165) is 9.99 Å². The summed E-state index contributed by atoms with van der Waals surface area (Å²) in [7, 11) is 0. The standard InChI is InChI=1S/C23H19FN2O2S2/c1-3-26-22(27)20(30-23(26)25-17-8-6-16(24)7-9-17)14-18-10-13-21(28-18)29-19-11-4-15(2)5-12-19/h4-14H,3H2,1-2H3/b20-14+,25-23?. The van der Waals surface area contributed by atoms with Crippen LogP contribution in [0.15, 0.2) is 85.0 Å². The largest absolute Gasteiger partial charge is 0.450 e. The van der Waals surface area contributed by atoms with E-state index in [-0.39, 0.29) is 11.7 Å². The van der Waals surface area contributed by atoms with Gasteiger partial charge in [-0.25, -0.2) is 9.38 Å². The number of thioether (sulfide) groups is 1. The van der Waals surface area contributed by atoms with Crippen molar-refractivity contribution in [3.05, 3.63) is 82.7 Å². The maximum atomic E-state index is 13.1. The minimum absolute atomic E-state index is 0.118. The van der Waals surface area contributed by atoms with E-state index in [1.54, 1.807) is 23.1 Å². The van der Waals surface area contributed by atoms with E-state index >= 15 is 0 Å². The van der Waals surface area contributed by atoms with Gasteiger partial charge in [-0.1, -0.05) is 29.5 Å². The third-order valence-corrected chi connectivity index (χ3v) is 6.31. The highest BCUT2D eigenvalue weighted by molar-refractivity contribution is 8.18. The van der Waals surface area contributed by atoms with Gasteiger partial charge in [-0.15, -0.1) is 0 Å². The second-order valence-electron chi connectivity index (χ2n) is 6.60. The van der Waals surface area contributed by atoms with Crippen LogP contribution in [0.4, 0.5) is 10.1 Å². The van der Waals surface area contributed by atoms with E-state index in [0.29, 0.717) is 28.1 Å². The van der Waals surface area contributed by atoms with E-state index in [1.807, 2.05) is 31.2 Å². The quantitative estimate of drug-likeness (QED) is 0.427. The van der Waals surface area contributed by atoms with Crippen LogP contribution in [0.5, 0.6) is 0 Å². The molecule has 1 aromatic heterocycles. The van der Waals surface area contributed by atoms with E-state index in [9.17, 15) is 9.18 Å². The van der Waals surface area contributed by atoms with Gasteiger partial charge in [-0.3, -0.25) is 9.69 Å². The van der Waals surface area contributed by atoms with Crippen LogP contribution in [-0.4, -0.2) is 22.5 Å². The van der Waals surface area contributed by atoms with E-state index in [4.69, 9.17) is 4.42 Å². The number of rotatable bonds is 5. The summed E-state index contributed by atoms with van der Waals surface area (Å²) in [5.41, 5.74) is 1.81. The predicted octanol–water partition coefficient (Wildman–Crippen LogP) is 6.50. The number of carbonyl (C=O) groups is 1. The van der Waals surface area contributed by atoms with Gasteiger partial charge >= 0.3 is 0 Å². The average Bonchev–Trinajstić information content (AvgIpc) is 3.29. The van der Waals surface area contributed by atoms with Gasteiger partial charge in [0.1, 0.15) is 11.6 Å². The lowest BCUT2D eigenvalue weighted by Crippen LogP contribution is -2.28. The van der Waals surface area contributed by atoms with Crippen LogP contribution in [0.2, 0.25) is 0 Å². The Morgan fingerprint density at radius 1 is 1.10 bits per heavy atom. The highest BCUT2D eigenvalue weighted by Gasteiger charge is 2.32. The van der Waals surface area contributed by atoms with E-state index in [2.05, 4.69) is 24.0 Å². The molecule has 4 rings (SSSR count). The van der Waals surface area contributed by atoms with Crippen molar-refractivity contribution < 1.29 is 13.6 Å². The number of halogens is 1. The average molecular weight is 439 g/mol. The molecule has 0 spiro atoms. The van der Waals surface area contributed by atoms with Crippen molar-refractivity contribution in [1.82, 2.24) is 4.90 Å². The van der Waals surface area contributed by atoms with E-state index in [1.165, 1.54) is 41.2 Å². The molecule has 2 heterocycles. The van der Waals surface area contributed by atoms with Crippen molar-refractivity contribution in [1.29, 1.82) is 0 Å². The lowest BCUT2D eigenvalue weighted by atomic mass is 10.2. The molecule has 2 aromatic carbocycles. The van der Waals surface area contributed by atoms with Crippen LogP contribution >= 0.6 is 23.5 Å². The molecule has 0 bridgehead atoms. The summed E-state index contributed by atoms with van der Waals surface area (Å²) in [6.45, 7) is 4.44. The Bertz CT molecular complexity index is 1120. The topological polar surface area (TPSA) is 45.8 Å². The van der Waals surface area contributed by atoms with Crippen LogP contribution in [0.25, 0.3) is 6.08 Å². The molecule has 1 amide bonds. The smallest absolute Gasteiger partial charge is 0.266 e. The summed E-state index contributed by atoms with van der Waals surface area (Å²) in [6, 6.07) is 17.8. The van der Waals surface area contributed by atoms with Gasteiger partial charge in [0, 0.05) is 17.5 Å². The Morgan fingerprint density at radius 3 is 2.53 bits per heavy atom. The van der Waals surface area contributed by atoms with Gasteiger partial charge in [0.15, 0.2) is 10.3 Å². The normalized spacial score (nSPS) is 16.8. The van der Waals surface area contributed by atoms with Gasteiger partial charge < -0.3 is 4.42 Å². The lowest BCUT2D eigenvalue weighted by Gasteiger charge is -2.11. The first-order valence-electron chi connectivity index (χ1n) is 9.42. The molecule has 0 unspecified atom stereocenters. The summed E-state index contributed by atoms with van der Waals surface area (Å²) in [5, 5.41) is 1.33. The number of amidine groups is 1. The number of hydrogen-bond acceptors (Lipinski definition) is 5. The number of benzene rings is 2. The van der Waals surface area contributed by atoms with Crippen molar-refractivity contribution in [2.75, 3.05) is 6.54 Å². The first-order valence-corrected chi connectivity index (χ1v) is 11.0. The molecule has 30 heavy (non-hydrogen) atoms. The molecule has 152 valence electrons. The van der Waals surface area contributed by atoms with Gasteiger partial charge in [0.05, 0.1) is 10.6 Å². The summed E-state index contributed by atoms with van der Waals surface area (Å²) >= 11 is 2.82. The number of furan rings is 1. The zero-order chi connectivity index (χ0) is 21.1. The number of nitrogens with zero attached hydrogens (tertiary/aromatic N) is 2. The molecule has 1 aliphatic heterocycles. The fraction of sp³-hybridized carbons (Fsp3) is 0.130. The number of likely N-dealkylation sites (N-methyl/N-ethyl adjacent to an activating group) is 1. The molecule has 0 atom stereocenters. The van der Waals surface area contributed by atoms with Crippen LogP contribution in [0.1, 0.15) is 18.2 Å². The van der Waals surface area contributed by atoms with Crippen molar-refractivity contribution in [3.63, 3.8) is 0 Å². The third kappa shape index (κ3) is 4.68. The van der Waals surface area contributed by atoms with Crippen molar-refractivity contribution in [3.8, 4) is 0 Å². The predicted molar refractivity (Wildman–Crippen MR) is 120 cm³/mol. The summed E-state index contributed by atoms with van der Waals surface area (Å²) in [6.07, 6.45) is 1.74. The molecular weight excluding hydrogens is 419 g/mol. The Morgan fingerprint density at radius 2 is 1.83 bits per heavy atom. The SMILES string of the molecule is CCN1C(=O)/C(=C\c2ccc(Sc3ccc(C)cc3)o2)SC1=Nc1ccc(F)cc1. The van der Waals surface area contributed by atoms with Crippen molar-refractivity contribution >= 4 is 46.4 Å². The van der Waals surface area contributed by atoms with Crippen LogP contribution in [0, 0.1) is 12.7 Å². The maximum Gasteiger partial charge on any atom is 0.266 e. The number of aryl methyl sites for hydroxylation is 1. The van der Waals surface area contributed by atoms with Crippen LogP contribution in [-0.2, 0) is 4.79 Å². The van der Waals surface area contributed by atoms with Crippen molar-refractivity contribution in [2.24, 2.45) is 4.99 Å². The summed E-state index contributed by atoms with van der Waals surface area (Å²) in [5.74, 6) is 0.172. The lowest BCUT2D eigenvalue weighted by molar-refractivity contribution is -0.122. The minimum Gasteiger partial charge on any atom is -0.450 e. The Kier molecular flexibility index (Phi) is 6.11. The second-order valence-corrected chi connectivity index (χ2v) is 8.69. The van der Waals surface area contributed by atoms with E-state index < -0.39 is 0 Å². The highest BCUT2D eigenvalue weighted by Crippen LogP contribution is 2.35. The number of carbonyl (C=O) groups excluding carboxylic acids is 1. The molecule has 1 fully saturated rings. The van der Waals surface area contributed by atoms with Crippen molar-refractivity contribution in [2.45, 2.75) is 23.8 Å². The Balaban J connectivity index is 1.53. The fourth-order valence-corrected chi connectivity index (χ4v) is 4.64. The molecule has 1 aliphatic rings. The monoisotopic (exact) mass is 438 g/mol. The second kappa shape index (κ2) is 8.93. The molecular formula is C23H19FN2O2S2. The molecule has 1 saturated heterocycles. The highest BCUT2D eigenvalue weighted by atomic mass is 32.2. The molecule has 3 aromatic rings. The first-order chi connectivity index (χ1) is 14.5. The van der Waals surface area contributed by atoms with Crippen LogP contribution < -0.4 is 0 Å². The summed E-state index contributed by atoms with van der Waals surface area (Å²) < 4.78 is 19.0. The third-order valence-electron chi connectivity index (χ3n) is 4.37. The Labute approximate surface area is 182 Å². The molecule has 7 heteroatoms. The first kappa shape index (κ1) is 20.5. The number of hydrogen-bond donors (Lipinski definition) is 0. The Hall–Kier alpha value is -2.77. The maximum absolute atomic E-state index is 13.1. The van der Waals surface area contributed by atoms with Gasteiger partial charge in [-0.2, -0.15) is 0 Å². The minimum atomic E-state index is -0.320. The zero-order valence-electron chi connectivity index (χ0n) is 16.5. The van der Waals surface area contributed by atoms with Gasteiger partial charge in [-0.05, 0) is 74.1 Å². The number of amides is 1. The molecule has 0 aliphatic carbocycles. The van der Waals surface area contributed by atoms with Gasteiger partial charge in [0.2, 0.25) is 0 Å². The van der Waals surface area contributed by atoms with Gasteiger partial charge in [0.25, 0.3) is 5.91 Å². The fourth-order valence-electron chi connectivity index (χ4n) is 2.81. The zero-order valence-corrected chi connectivity index (χ0v) is 18.1. The summed E-state index contributed by atoms with van der Waals surface area (Å²) in [4.78, 5) is 20.5. The number of aliphatic imine (C=N–C) groups is 1. The molecule has 0 saturated carbocycles. The van der Waals surface area contributed by atoms with Crippen LogP contribution in [0.3, 0.4) is 0 Å². The molecule has 0 N–H and O–H groups in total. The molecule has 4 nitrogen and oxygen atoms in total. The molecule has 0 radical (unpaired) electrons.